The number of carbonyl (C=O) groups excluding carboxylic acids is 2. The molecule has 0 bridgehead atoms. The first-order valence-corrected chi connectivity index (χ1v) is 13.2. The Morgan fingerprint density at radius 1 is 1.22 bits per heavy atom. The van der Waals surface area contributed by atoms with E-state index in [1.807, 2.05) is 6.92 Å². The van der Waals surface area contributed by atoms with Gasteiger partial charge < -0.3 is 35.0 Å². The van der Waals surface area contributed by atoms with Crippen LogP contribution in [0.4, 0.5) is 0 Å². The molecule has 0 aromatic heterocycles. The second-order valence-corrected chi connectivity index (χ2v) is 9.87. The third-order valence-electron chi connectivity index (χ3n) is 7.53. The maximum atomic E-state index is 13.5. The normalized spacial score (nSPS) is 25.2. The van der Waals surface area contributed by atoms with Crippen molar-refractivity contribution in [2.24, 2.45) is 0 Å². The van der Waals surface area contributed by atoms with Crippen LogP contribution in [0.2, 0.25) is 0 Å². The molecule has 1 saturated carbocycles. The molecular formula is C28H38N2O7. The number of ether oxygens (including phenoxy) is 2. The fraction of sp³-hybridized carbons (Fsp3) is 0.571. The van der Waals surface area contributed by atoms with Crippen LogP contribution < -0.4 is 14.8 Å². The number of benzene rings is 1. The molecule has 9 heteroatoms. The van der Waals surface area contributed by atoms with E-state index in [1.165, 1.54) is 7.11 Å². The van der Waals surface area contributed by atoms with E-state index in [-0.39, 0.29) is 31.7 Å². The summed E-state index contributed by atoms with van der Waals surface area (Å²) in [6.45, 7) is 1.58. The molecule has 0 spiro atoms. The Bertz CT molecular complexity index is 1050. The Labute approximate surface area is 217 Å². The summed E-state index contributed by atoms with van der Waals surface area (Å²) in [6, 6.07) is 2.60. The van der Waals surface area contributed by atoms with Crippen LogP contribution in [0, 0.1) is 0 Å². The molecule has 2 amide bonds. The molecule has 37 heavy (non-hydrogen) atoms. The predicted octanol–water partition coefficient (Wildman–Crippen LogP) is 1.94. The summed E-state index contributed by atoms with van der Waals surface area (Å²) >= 11 is 0. The Morgan fingerprint density at radius 3 is 2.62 bits per heavy atom. The van der Waals surface area contributed by atoms with Crippen LogP contribution >= 0.6 is 0 Å². The Hall–Kier alpha value is -2.88. The molecule has 1 aromatic rings. The topological polar surface area (TPSA) is 129 Å². The van der Waals surface area contributed by atoms with E-state index < -0.39 is 30.1 Å². The number of methoxy groups -OCH3 is 1. The van der Waals surface area contributed by atoms with Gasteiger partial charge in [-0.15, -0.1) is 0 Å². The van der Waals surface area contributed by atoms with Crippen LogP contribution in [0.1, 0.15) is 62.5 Å². The molecule has 1 heterocycles. The number of amides is 2. The van der Waals surface area contributed by atoms with Crippen LogP contribution in [0.15, 0.2) is 35.9 Å². The minimum Gasteiger partial charge on any atom is -0.493 e. The van der Waals surface area contributed by atoms with E-state index in [0.29, 0.717) is 34.6 Å². The van der Waals surface area contributed by atoms with Gasteiger partial charge in [0.2, 0.25) is 11.8 Å². The Balaban J connectivity index is 1.82. The van der Waals surface area contributed by atoms with Crippen LogP contribution in [-0.4, -0.2) is 76.6 Å². The van der Waals surface area contributed by atoms with Crippen molar-refractivity contribution < 1.29 is 34.4 Å². The second kappa shape index (κ2) is 12.1. The molecular weight excluding hydrogens is 476 g/mol. The van der Waals surface area contributed by atoms with Crippen molar-refractivity contribution in [1.29, 1.82) is 0 Å². The molecule has 1 fully saturated rings. The summed E-state index contributed by atoms with van der Waals surface area (Å²) < 4.78 is 11.8. The first-order valence-electron chi connectivity index (χ1n) is 13.2. The summed E-state index contributed by atoms with van der Waals surface area (Å²) in [5.41, 5.74) is 1.59. The average molecular weight is 515 g/mol. The molecule has 4 atom stereocenters. The number of allylic oxidation sites excluding steroid dienone is 1. The molecule has 0 unspecified atom stereocenters. The van der Waals surface area contributed by atoms with Crippen LogP contribution in [0.25, 0.3) is 0 Å². The fourth-order valence-corrected chi connectivity index (χ4v) is 5.82. The van der Waals surface area contributed by atoms with Gasteiger partial charge >= 0.3 is 0 Å². The number of nitrogens with zero attached hydrogens (tertiary/aromatic N) is 1. The predicted molar refractivity (Wildman–Crippen MR) is 137 cm³/mol. The largest absolute Gasteiger partial charge is 0.493 e. The van der Waals surface area contributed by atoms with Gasteiger partial charge in [-0.05, 0) is 49.1 Å². The lowest BCUT2D eigenvalue weighted by atomic mass is 9.76. The zero-order valence-corrected chi connectivity index (χ0v) is 21.6. The molecule has 9 nitrogen and oxygen atoms in total. The maximum absolute atomic E-state index is 13.5. The number of carbonyl (C=O) groups is 2. The third-order valence-corrected chi connectivity index (χ3v) is 7.53. The molecule has 1 aromatic carbocycles. The molecule has 0 saturated heterocycles. The highest BCUT2D eigenvalue weighted by Crippen LogP contribution is 2.51. The van der Waals surface area contributed by atoms with Crippen molar-refractivity contribution >= 4 is 11.8 Å². The Morgan fingerprint density at radius 2 is 1.97 bits per heavy atom. The zero-order chi connectivity index (χ0) is 26.5. The van der Waals surface area contributed by atoms with Crippen LogP contribution in [0.5, 0.6) is 11.5 Å². The van der Waals surface area contributed by atoms with Gasteiger partial charge in [-0.3, -0.25) is 9.59 Å². The lowest BCUT2D eigenvalue weighted by Crippen LogP contribution is -2.58. The standard InChI is InChI=1S/C28H38N2O7/c1-3-4-10-23(33)30(18-8-6-5-7-9-18)21-15-20(28(35)29-11-12-31)24-19-13-17(16-32)14-22(36-2)26(19)37-27(24)25(21)34/h4,10,13-15,18,21,24-25,27,31-32,34H,3,5-9,11-12,16H2,1-2H3,(H,29,35)/t21-,24+,25+,27+/m1/s1. The van der Waals surface area contributed by atoms with Crippen molar-refractivity contribution in [3.05, 3.63) is 47.1 Å². The van der Waals surface area contributed by atoms with Crippen molar-refractivity contribution in [1.82, 2.24) is 10.2 Å². The lowest BCUT2D eigenvalue weighted by molar-refractivity contribution is -0.136. The fourth-order valence-electron chi connectivity index (χ4n) is 5.82. The molecule has 0 radical (unpaired) electrons. The van der Waals surface area contributed by atoms with Crippen LogP contribution in [0.3, 0.4) is 0 Å². The maximum Gasteiger partial charge on any atom is 0.247 e. The summed E-state index contributed by atoms with van der Waals surface area (Å²) in [4.78, 5) is 28.6. The number of rotatable bonds is 9. The molecule has 2 aliphatic carbocycles. The molecule has 3 aliphatic rings. The highest BCUT2D eigenvalue weighted by Gasteiger charge is 2.52. The number of hydrogen-bond donors (Lipinski definition) is 4. The summed E-state index contributed by atoms with van der Waals surface area (Å²) in [5, 5.41) is 33.5. The van der Waals surface area contributed by atoms with E-state index >= 15 is 0 Å². The summed E-state index contributed by atoms with van der Waals surface area (Å²) in [6.07, 6.45) is 8.58. The van der Waals surface area contributed by atoms with E-state index in [4.69, 9.17) is 9.47 Å². The van der Waals surface area contributed by atoms with Gasteiger partial charge in [-0.25, -0.2) is 0 Å². The average Bonchev–Trinajstić information content (AvgIpc) is 3.32. The molecule has 202 valence electrons. The summed E-state index contributed by atoms with van der Waals surface area (Å²) in [5.74, 6) is -0.406. The van der Waals surface area contributed by atoms with E-state index in [1.54, 1.807) is 35.3 Å². The van der Waals surface area contributed by atoms with E-state index in [9.17, 15) is 24.9 Å². The lowest BCUT2D eigenvalue weighted by Gasteiger charge is -2.44. The SMILES string of the molecule is CCC=CC(=O)N(C1CCCCC1)[C@@H]1C=C(C(=O)NCCO)[C@@H]2c3cc(CO)cc(OC)c3O[C@@H]2[C@H]1O. The van der Waals surface area contributed by atoms with Gasteiger partial charge in [0.1, 0.15) is 12.2 Å². The van der Waals surface area contributed by atoms with Gasteiger partial charge in [0.15, 0.2) is 11.5 Å². The number of aliphatic hydroxyl groups is 3. The first kappa shape index (κ1) is 27.2. The monoisotopic (exact) mass is 514 g/mol. The third kappa shape index (κ3) is 5.39. The number of aliphatic hydroxyl groups excluding tert-OH is 3. The number of hydrogen-bond acceptors (Lipinski definition) is 7. The van der Waals surface area contributed by atoms with Gasteiger partial charge in [0.25, 0.3) is 0 Å². The van der Waals surface area contributed by atoms with E-state index in [2.05, 4.69) is 5.32 Å². The smallest absolute Gasteiger partial charge is 0.247 e. The van der Waals surface area contributed by atoms with Gasteiger partial charge in [-0.1, -0.05) is 32.3 Å². The van der Waals surface area contributed by atoms with Crippen molar-refractivity contribution in [3.8, 4) is 11.5 Å². The minimum atomic E-state index is -1.10. The molecule has 4 N–H and O–H groups in total. The highest BCUT2D eigenvalue weighted by molar-refractivity contribution is 5.96. The zero-order valence-electron chi connectivity index (χ0n) is 21.6. The molecule has 1 aliphatic heterocycles. The van der Waals surface area contributed by atoms with Crippen molar-refractivity contribution in [2.75, 3.05) is 20.3 Å². The minimum absolute atomic E-state index is 0.0590. The molecule has 4 rings (SSSR count). The highest BCUT2D eigenvalue weighted by atomic mass is 16.5. The number of nitrogens with one attached hydrogen (secondary N) is 1. The summed E-state index contributed by atoms with van der Waals surface area (Å²) in [7, 11) is 1.50. The van der Waals surface area contributed by atoms with E-state index in [0.717, 1.165) is 32.1 Å². The quantitative estimate of drug-likeness (QED) is 0.371. The van der Waals surface area contributed by atoms with Gasteiger partial charge in [-0.2, -0.15) is 0 Å². The second-order valence-electron chi connectivity index (χ2n) is 9.87. The van der Waals surface area contributed by atoms with Gasteiger partial charge in [0.05, 0.1) is 32.3 Å². The first-order chi connectivity index (χ1) is 17.9. The van der Waals surface area contributed by atoms with Crippen molar-refractivity contribution in [2.45, 2.75) is 82.3 Å². The van der Waals surface area contributed by atoms with Crippen molar-refractivity contribution in [3.63, 3.8) is 0 Å². The Kier molecular flexibility index (Phi) is 8.89. The van der Waals surface area contributed by atoms with Gasteiger partial charge in [0, 0.05) is 23.7 Å². The van der Waals surface area contributed by atoms with Crippen LogP contribution in [-0.2, 0) is 16.2 Å². The number of fused-ring (bicyclic) bond motifs is 3.